The van der Waals surface area contributed by atoms with Crippen molar-refractivity contribution in [1.29, 1.82) is 0 Å². The van der Waals surface area contributed by atoms with Gasteiger partial charge in [-0.25, -0.2) is 14.5 Å². The van der Waals surface area contributed by atoms with Crippen LogP contribution in [0.3, 0.4) is 0 Å². The molecule has 4 heterocycles. The number of thiophene rings is 1. The molecule has 1 atom stereocenters. The number of morpholine rings is 1. The second-order valence-electron chi connectivity index (χ2n) is 10.2. The molecule has 0 aliphatic carbocycles. The van der Waals surface area contributed by atoms with Gasteiger partial charge in [-0.3, -0.25) is 4.67 Å². The van der Waals surface area contributed by atoms with Gasteiger partial charge in [0.25, 0.3) is 0 Å². The van der Waals surface area contributed by atoms with Crippen LogP contribution in [-0.2, 0) is 14.9 Å². The molecule has 0 bridgehead atoms. The SMILES string of the molecule is COC(=O)c1cc2c(s1)N=C/C(=C1/N(C)c3ccccc3C1(C)C)[P@@]2(=Nc1ccc(Br)cc1)N1CCOCC1. The van der Waals surface area contributed by atoms with Crippen LogP contribution in [0.1, 0.15) is 29.1 Å². The van der Waals surface area contributed by atoms with Crippen LogP contribution in [0, 0.1) is 0 Å². The molecule has 6 rings (SSSR count). The third kappa shape index (κ3) is 4.26. The predicted octanol–water partition coefficient (Wildman–Crippen LogP) is 7.06. The second kappa shape index (κ2) is 10.1. The van der Waals surface area contributed by atoms with Gasteiger partial charge in [-0.05, 0) is 42.0 Å². The maximum absolute atomic E-state index is 12.7. The highest BCUT2D eigenvalue weighted by atomic mass is 79.9. The zero-order chi connectivity index (χ0) is 27.4. The number of hydrogen-bond donors (Lipinski definition) is 0. The van der Waals surface area contributed by atoms with Crippen molar-refractivity contribution in [3.8, 4) is 0 Å². The van der Waals surface area contributed by atoms with Gasteiger partial charge < -0.3 is 14.4 Å². The third-order valence-electron chi connectivity index (χ3n) is 7.65. The first-order chi connectivity index (χ1) is 18.8. The Balaban J connectivity index is 1.73. The fraction of sp³-hybridized carbons (Fsp3) is 0.310. The van der Waals surface area contributed by atoms with E-state index in [4.69, 9.17) is 19.2 Å². The molecule has 3 aromatic rings. The monoisotopic (exact) mass is 624 g/mol. The van der Waals surface area contributed by atoms with E-state index in [1.165, 1.54) is 35.4 Å². The van der Waals surface area contributed by atoms with Gasteiger partial charge in [-0.1, -0.05) is 48.0 Å². The molecule has 3 aliphatic rings. The van der Waals surface area contributed by atoms with Crippen LogP contribution < -0.4 is 10.2 Å². The number of aliphatic imine (C=N–C) groups is 1. The van der Waals surface area contributed by atoms with Crippen LogP contribution in [-0.4, -0.2) is 57.3 Å². The lowest BCUT2D eigenvalue weighted by Crippen LogP contribution is -2.39. The highest BCUT2D eigenvalue weighted by Crippen LogP contribution is 2.67. The number of anilines is 1. The van der Waals surface area contributed by atoms with Gasteiger partial charge in [-0.2, -0.15) is 0 Å². The van der Waals surface area contributed by atoms with Crippen molar-refractivity contribution in [2.75, 3.05) is 45.4 Å². The minimum absolute atomic E-state index is 0.280. The Morgan fingerprint density at radius 3 is 2.56 bits per heavy atom. The van der Waals surface area contributed by atoms with E-state index in [0.29, 0.717) is 18.1 Å². The number of nitrogens with zero attached hydrogens (tertiary/aromatic N) is 4. The number of carbonyl (C=O) groups is 1. The molecule has 39 heavy (non-hydrogen) atoms. The first-order valence-electron chi connectivity index (χ1n) is 12.8. The van der Waals surface area contributed by atoms with E-state index in [1.807, 2.05) is 36.5 Å². The topological polar surface area (TPSA) is 66.7 Å². The molecule has 2 aromatic carbocycles. The Morgan fingerprint density at radius 1 is 1.15 bits per heavy atom. The summed E-state index contributed by atoms with van der Waals surface area (Å²) in [6.07, 6.45) is 2.02. The van der Waals surface area contributed by atoms with E-state index >= 15 is 0 Å². The van der Waals surface area contributed by atoms with Gasteiger partial charge in [0.1, 0.15) is 17.1 Å². The zero-order valence-electron chi connectivity index (χ0n) is 22.3. The lowest BCUT2D eigenvalue weighted by atomic mass is 9.84. The van der Waals surface area contributed by atoms with Gasteiger partial charge >= 0.3 is 5.97 Å². The summed E-state index contributed by atoms with van der Waals surface area (Å²) in [5.41, 5.74) is 4.26. The molecule has 0 unspecified atom stereocenters. The molecule has 1 fully saturated rings. The molecule has 0 radical (unpaired) electrons. The molecule has 0 saturated carbocycles. The van der Waals surface area contributed by atoms with Crippen molar-refractivity contribution in [3.05, 3.63) is 80.5 Å². The summed E-state index contributed by atoms with van der Waals surface area (Å²) in [5, 5.41) is 2.93. The van der Waals surface area contributed by atoms with E-state index in [0.717, 1.165) is 38.9 Å². The Kier molecular flexibility index (Phi) is 6.92. The number of carbonyl (C=O) groups excluding carboxylic acids is 1. The quantitative estimate of drug-likeness (QED) is 0.231. The molecule has 7 nitrogen and oxygen atoms in total. The van der Waals surface area contributed by atoms with Gasteiger partial charge in [0, 0.05) is 58.2 Å². The molecule has 1 aromatic heterocycles. The minimum Gasteiger partial charge on any atom is -0.465 e. The van der Waals surface area contributed by atoms with Crippen molar-refractivity contribution in [3.63, 3.8) is 0 Å². The first kappa shape index (κ1) is 26.7. The number of benzene rings is 2. The van der Waals surface area contributed by atoms with Crippen molar-refractivity contribution >= 4 is 68.3 Å². The fourth-order valence-corrected chi connectivity index (χ4v) is 11.6. The maximum Gasteiger partial charge on any atom is 0.348 e. The molecule has 0 amide bonds. The van der Waals surface area contributed by atoms with Gasteiger partial charge in [0.2, 0.25) is 0 Å². The van der Waals surface area contributed by atoms with Crippen molar-refractivity contribution in [1.82, 2.24) is 4.67 Å². The van der Waals surface area contributed by atoms with E-state index in [-0.39, 0.29) is 11.4 Å². The standard InChI is InChI=1S/C29H30BrN4O3PS/c1-29(2)21-7-5-6-8-22(21)33(3)26(29)24-18-31-27-23(17-25(39-27)28(35)36-4)38(24,34-13-15-37-16-14-34)32-20-11-9-19(30)10-12-20/h5-12,17-18H,13-16H2,1-4H3/b26-24-/t38-/m0/s1. The number of hydrogen-bond acceptors (Lipinski definition) is 7. The molecule has 0 spiro atoms. The molecular weight excluding hydrogens is 595 g/mol. The lowest BCUT2D eigenvalue weighted by molar-refractivity contribution is 0.0606. The summed E-state index contributed by atoms with van der Waals surface area (Å²) in [6.45, 7) is 7.28. The van der Waals surface area contributed by atoms with Gasteiger partial charge in [-0.15, -0.1) is 11.3 Å². The molecule has 3 aliphatic heterocycles. The van der Waals surface area contributed by atoms with Crippen molar-refractivity contribution in [2.45, 2.75) is 19.3 Å². The van der Waals surface area contributed by atoms with Crippen molar-refractivity contribution < 1.29 is 14.3 Å². The number of allylic oxidation sites excluding steroid dienone is 2. The second-order valence-corrected chi connectivity index (χ2v) is 15.1. The highest BCUT2D eigenvalue weighted by Gasteiger charge is 2.48. The maximum atomic E-state index is 12.7. The van der Waals surface area contributed by atoms with Crippen molar-refractivity contribution in [2.24, 2.45) is 9.74 Å². The zero-order valence-corrected chi connectivity index (χ0v) is 25.6. The average Bonchev–Trinajstić information content (AvgIpc) is 3.48. The van der Waals surface area contributed by atoms with Gasteiger partial charge in [0.05, 0.1) is 26.0 Å². The summed E-state index contributed by atoms with van der Waals surface area (Å²) in [4.78, 5) is 20.5. The Hall–Kier alpha value is -2.55. The normalized spacial score (nSPS) is 23.9. The molecule has 0 N–H and O–H groups in total. The number of fused-ring (bicyclic) bond motifs is 2. The van der Waals surface area contributed by atoms with Crippen LogP contribution in [0.15, 0.2) is 79.8 Å². The summed E-state index contributed by atoms with van der Waals surface area (Å²) in [7, 11) is 0.885. The van der Waals surface area contributed by atoms with Gasteiger partial charge in [0.15, 0.2) is 0 Å². The number of likely N-dealkylation sites (N-methyl/N-ethyl adjacent to an activating group) is 1. The number of rotatable bonds is 3. The summed E-state index contributed by atoms with van der Waals surface area (Å²) < 4.78 is 20.1. The largest absolute Gasteiger partial charge is 0.465 e. The number of methoxy groups -OCH3 is 1. The number of ether oxygens (including phenoxy) is 2. The summed E-state index contributed by atoms with van der Waals surface area (Å²) >= 11 is 4.95. The van der Waals surface area contributed by atoms with E-state index < -0.39 is 7.21 Å². The number of esters is 1. The Bertz CT molecular complexity index is 1570. The van der Waals surface area contributed by atoms with Crippen LogP contribution in [0.5, 0.6) is 0 Å². The van der Waals surface area contributed by atoms with E-state index in [2.05, 4.69) is 70.7 Å². The average molecular weight is 626 g/mol. The number of para-hydroxylation sites is 1. The highest BCUT2D eigenvalue weighted by molar-refractivity contribution is 9.10. The first-order valence-corrected chi connectivity index (χ1v) is 16.1. The molecule has 202 valence electrons. The summed E-state index contributed by atoms with van der Waals surface area (Å²) in [5.74, 6) is -0.353. The predicted molar refractivity (Wildman–Crippen MR) is 164 cm³/mol. The fourth-order valence-electron chi connectivity index (χ4n) is 5.88. The molecule has 1 saturated heterocycles. The Morgan fingerprint density at radius 2 is 1.87 bits per heavy atom. The smallest absolute Gasteiger partial charge is 0.348 e. The van der Waals surface area contributed by atoms with Crippen LogP contribution in [0.4, 0.5) is 16.4 Å². The van der Waals surface area contributed by atoms with E-state index in [9.17, 15) is 4.79 Å². The van der Waals surface area contributed by atoms with Crippen LogP contribution >= 0.6 is 34.5 Å². The van der Waals surface area contributed by atoms with E-state index in [1.54, 1.807) is 0 Å². The third-order valence-corrected chi connectivity index (χ3v) is 13.1. The number of halogens is 1. The lowest BCUT2D eigenvalue weighted by Gasteiger charge is -2.43. The molecular formula is C29H30BrN4O3PS. The van der Waals surface area contributed by atoms with Crippen LogP contribution in [0.2, 0.25) is 0 Å². The molecule has 10 heteroatoms. The summed E-state index contributed by atoms with van der Waals surface area (Å²) in [6, 6.07) is 18.7. The van der Waals surface area contributed by atoms with Crippen LogP contribution in [0.25, 0.3) is 0 Å². The minimum atomic E-state index is -2.67. The Labute approximate surface area is 241 Å².